The van der Waals surface area contributed by atoms with Gasteiger partial charge in [0, 0.05) is 10.9 Å². The first-order valence-corrected chi connectivity index (χ1v) is 5.99. The van der Waals surface area contributed by atoms with Crippen LogP contribution >= 0.6 is 11.6 Å². The van der Waals surface area contributed by atoms with E-state index in [1.165, 1.54) is 0 Å². The maximum Gasteiger partial charge on any atom is 0.153 e. The van der Waals surface area contributed by atoms with Gasteiger partial charge in [0.2, 0.25) is 0 Å². The molecule has 0 aliphatic rings. The molecule has 0 aliphatic carbocycles. The van der Waals surface area contributed by atoms with E-state index < -0.39 is 0 Å². The summed E-state index contributed by atoms with van der Waals surface area (Å²) >= 11 is 5.98. The van der Waals surface area contributed by atoms with Crippen LogP contribution in [0.4, 0.5) is 0 Å². The highest BCUT2D eigenvalue weighted by Crippen LogP contribution is 2.29. The fraction of sp³-hybridized carbons (Fsp3) is 0. The van der Waals surface area contributed by atoms with Gasteiger partial charge in [-0.25, -0.2) is 0 Å². The molecule has 1 aromatic heterocycles. The fourth-order valence-electron chi connectivity index (χ4n) is 2.11. The van der Waals surface area contributed by atoms with Crippen molar-refractivity contribution in [1.82, 2.24) is 4.98 Å². The van der Waals surface area contributed by atoms with Crippen molar-refractivity contribution in [1.29, 1.82) is 0 Å². The van der Waals surface area contributed by atoms with E-state index in [9.17, 15) is 4.79 Å². The third-order valence-corrected chi connectivity index (χ3v) is 3.31. The number of H-pyrrole nitrogens is 1. The molecule has 1 heterocycles. The number of aromatic nitrogens is 1. The predicted octanol–water partition coefficient (Wildman–Crippen LogP) is 4.30. The van der Waals surface area contributed by atoms with Crippen LogP contribution in [0.5, 0.6) is 0 Å². The second-order valence-electron chi connectivity index (χ2n) is 4.10. The second-order valence-corrected chi connectivity index (χ2v) is 4.47. The van der Waals surface area contributed by atoms with Gasteiger partial charge in [-0.15, -0.1) is 0 Å². The molecule has 2 nitrogen and oxygen atoms in total. The summed E-state index contributed by atoms with van der Waals surface area (Å²) in [5.74, 6) is 0. The molecule has 0 aliphatic heterocycles. The van der Waals surface area contributed by atoms with Crippen molar-refractivity contribution < 1.29 is 4.79 Å². The Morgan fingerprint density at radius 3 is 2.50 bits per heavy atom. The first-order chi connectivity index (χ1) is 8.79. The molecule has 0 atom stereocenters. The molecule has 0 radical (unpaired) electrons. The number of hydrogen-bond donors (Lipinski definition) is 1. The molecule has 3 heteroatoms. The van der Waals surface area contributed by atoms with Crippen molar-refractivity contribution in [2.24, 2.45) is 0 Å². The van der Waals surface area contributed by atoms with Crippen LogP contribution in [0, 0.1) is 0 Å². The van der Waals surface area contributed by atoms with Crippen LogP contribution in [0.15, 0.2) is 48.5 Å². The number of benzene rings is 2. The first-order valence-electron chi connectivity index (χ1n) is 5.61. The highest BCUT2D eigenvalue weighted by atomic mass is 35.5. The highest BCUT2D eigenvalue weighted by molar-refractivity contribution is 6.34. The number of nitrogens with one attached hydrogen (secondary N) is 1. The van der Waals surface area contributed by atoms with Gasteiger partial charge < -0.3 is 4.98 Å². The van der Waals surface area contributed by atoms with Crippen molar-refractivity contribution in [3.8, 4) is 11.1 Å². The summed E-state index contributed by atoms with van der Waals surface area (Å²) in [5, 5.41) is 1.25. The maximum absolute atomic E-state index is 11.0. The Morgan fingerprint density at radius 1 is 1.00 bits per heavy atom. The molecule has 2 aromatic carbocycles. The summed E-state index contributed by atoms with van der Waals surface area (Å²) in [6.07, 6.45) is 0.788. The Balaban J connectivity index is 2.25. The molecule has 1 N–H and O–H groups in total. The molecule has 0 saturated heterocycles. The van der Waals surface area contributed by atoms with Gasteiger partial charge in [0.05, 0.1) is 5.56 Å². The summed E-state index contributed by atoms with van der Waals surface area (Å²) in [5.41, 5.74) is 3.58. The molecule has 0 fully saturated rings. The Kier molecular flexibility index (Phi) is 2.65. The molecule has 0 unspecified atom stereocenters. The van der Waals surface area contributed by atoms with Crippen molar-refractivity contribution in [2.75, 3.05) is 0 Å². The Labute approximate surface area is 109 Å². The van der Waals surface area contributed by atoms with Gasteiger partial charge in [-0.05, 0) is 23.3 Å². The molecule has 0 bridgehead atoms. The smallest absolute Gasteiger partial charge is 0.153 e. The molecule has 18 heavy (non-hydrogen) atoms. The van der Waals surface area contributed by atoms with E-state index in [0.29, 0.717) is 10.7 Å². The number of carbonyl (C=O) groups excluding carboxylic acids is 1. The van der Waals surface area contributed by atoms with Gasteiger partial charge in [-0.2, -0.15) is 0 Å². The zero-order valence-electron chi connectivity index (χ0n) is 9.48. The molecule has 88 valence electrons. The van der Waals surface area contributed by atoms with Gasteiger partial charge in [0.1, 0.15) is 5.15 Å². The number of halogens is 1. The third-order valence-electron chi connectivity index (χ3n) is 3.02. The molecule has 0 amide bonds. The third kappa shape index (κ3) is 1.71. The van der Waals surface area contributed by atoms with Crippen LogP contribution in [-0.2, 0) is 0 Å². The summed E-state index contributed by atoms with van der Waals surface area (Å²) in [4.78, 5) is 14.0. The quantitative estimate of drug-likeness (QED) is 0.681. The molecular formula is C15H10ClNO. The van der Waals surface area contributed by atoms with Crippen molar-refractivity contribution >= 4 is 28.8 Å². The van der Waals surface area contributed by atoms with E-state index in [2.05, 4.69) is 4.98 Å². The van der Waals surface area contributed by atoms with E-state index in [0.717, 1.165) is 28.3 Å². The number of rotatable bonds is 2. The fourth-order valence-corrected chi connectivity index (χ4v) is 2.35. The van der Waals surface area contributed by atoms with Gasteiger partial charge in [-0.1, -0.05) is 48.0 Å². The average Bonchev–Trinajstić information content (AvgIpc) is 2.74. The van der Waals surface area contributed by atoms with E-state index in [1.807, 2.05) is 48.5 Å². The lowest BCUT2D eigenvalue weighted by molar-refractivity contribution is 0.112. The Morgan fingerprint density at radius 2 is 1.78 bits per heavy atom. The lowest BCUT2D eigenvalue weighted by atomic mass is 10.0. The zero-order chi connectivity index (χ0) is 12.5. The van der Waals surface area contributed by atoms with E-state index in [-0.39, 0.29) is 0 Å². The molecule has 3 rings (SSSR count). The van der Waals surface area contributed by atoms with Crippen LogP contribution in [0.3, 0.4) is 0 Å². The van der Waals surface area contributed by atoms with Gasteiger partial charge in [0.25, 0.3) is 0 Å². The molecular weight excluding hydrogens is 246 g/mol. The number of aromatic amines is 1. The molecule has 0 saturated carbocycles. The van der Waals surface area contributed by atoms with E-state index in [4.69, 9.17) is 11.6 Å². The van der Waals surface area contributed by atoms with E-state index in [1.54, 1.807) is 0 Å². The van der Waals surface area contributed by atoms with E-state index >= 15 is 0 Å². The summed E-state index contributed by atoms with van der Waals surface area (Å²) in [6, 6.07) is 16.0. The first kappa shape index (κ1) is 11.1. The Bertz CT molecular complexity index is 716. The largest absolute Gasteiger partial charge is 0.345 e. The minimum atomic E-state index is 0.394. The van der Waals surface area contributed by atoms with Crippen LogP contribution in [0.1, 0.15) is 10.4 Å². The lowest BCUT2D eigenvalue weighted by Gasteiger charge is -2.01. The highest BCUT2D eigenvalue weighted by Gasteiger charge is 2.09. The van der Waals surface area contributed by atoms with Crippen molar-refractivity contribution in [3.63, 3.8) is 0 Å². The van der Waals surface area contributed by atoms with Gasteiger partial charge in [0.15, 0.2) is 6.29 Å². The summed E-state index contributed by atoms with van der Waals surface area (Å²) in [7, 11) is 0. The number of carbonyl (C=O) groups is 1. The second kappa shape index (κ2) is 4.31. The van der Waals surface area contributed by atoms with Crippen LogP contribution in [0.25, 0.3) is 22.0 Å². The van der Waals surface area contributed by atoms with Crippen LogP contribution in [-0.4, -0.2) is 11.3 Å². The topological polar surface area (TPSA) is 32.9 Å². The van der Waals surface area contributed by atoms with Crippen molar-refractivity contribution in [3.05, 3.63) is 59.2 Å². The monoisotopic (exact) mass is 255 g/mol. The molecule has 0 spiro atoms. The lowest BCUT2D eigenvalue weighted by Crippen LogP contribution is -1.79. The summed E-state index contributed by atoms with van der Waals surface area (Å²) < 4.78 is 0. The number of fused-ring (bicyclic) bond motifs is 1. The van der Waals surface area contributed by atoms with Crippen LogP contribution < -0.4 is 0 Å². The Hall–Kier alpha value is -2.06. The molecule has 3 aromatic rings. The maximum atomic E-state index is 11.0. The zero-order valence-corrected chi connectivity index (χ0v) is 10.2. The van der Waals surface area contributed by atoms with Crippen LogP contribution in [0.2, 0.25) is 5.15 Å². The SMILES string of the molecule is O=Cc1c(Cl)[nH]c2ccc(-c3ccccc3)cc12. The normalized spacial score (nSPS) is 10.7. The van der Waals surface area contributed by atoms with Crippen molar-refractivity contribution in [2.45, 2.75) is 0 Å². The average molecular weight is 256 g/mol. The number of aldehydes is 1. The summed E-state index contributed by atoms with van der Waals surface area (Å²) in [6.45, 7) is 0. The van der Waals surface area contributed by atoms with Gasteiger partial charge >= 0.3 is 0 Å². The number of hydrogen-bond acceptors (Lipinski definition) is 1. The predicted molar refractivity (Wildman–Crippen MR) is 74.1 cm³/mol. The standard InChI is InChI=1S/C15H10ClNO/c16-15-13(9-18)12-8-11(6-7-14(12)17-15)10-4-2-1-3-5-10/h1-9,17H. The van der Waals surface area contributed by atoms with Gasteiger partial charge in [-0.3, -0.25) is 4.79 Å². The minimum absolute atomic E-state index is 0.394. The minimum Gasteiger partial charge on any atom is -0.345 e.